The van der Waals surface area contributed by atoms with Crippen molar-refractivity contribution in [3.05, 3.63) is 52.6 Å². The molecular weight excluding hydrogens is 300 g/mol. The van der Waals surface area contributed by atoms with Gasteiger partial charge in [0.2, 0.25) is 0 Å². The third-order valence-corrected chi connectivity index (χ3v) is 3.92. The molecule has 0 aliphatic rings. The Morgan fingerprint density at radius 1 is 1.11 bits per heavy atom. The van der Waals surface area contributed by atoms with Crippen molar-refractivity contribution < 1.29 is 0 Å². The van der Waals surface area contributed by atoms with Crippen molar-refractivity contribution in [2.45, 2.75) is 26.7 Å². The second kappa shape index (κ2) is 6.71. The van der Waals surface area contributed by atoms with Crippen molar-refractivity contribution in [1.29, 1.82) is 0 Å². The number of nitrogens with zero attached hydrogens (tertiary/aromatic N) is 2. The van der Waals surface area contributed by atoms with E-state index < -0.39 is 0 Å². The fourth-order valence-electron chi connectivity index (χ4n) is 1.98. The summed E-state index contributed by atoms with van der Waals surface area (Å²) in [5.74, 6) is 1.01. The maximum Gasteiger partial charge on any atom is 0.133 e. The molecule has 2 nitrogen and oxygen atoms in total. The minimum Gasteiger partial charge on any atom is -0.326 e. The minimum atomic E-state index is 0.995. The summed E-state index contributed by atoms with van der Waals surface area (Å²) < 4.78 is 1.06. The molecule has 1 aromatic heterocycles. The van der Waals surface area contributed by atoms with Gasteiger partial charge in [0.15, 0.2) is 0 Å². The molecule has 0 saturated carbocycles. The molecule has 0 N–H and O–H groups in total. The number of rotatable bonds is 5. The van der Waals surface area contributed by atoms with Gasteiger partial charge in [-0.3, -0.25) is 0 Å². The van der Waals surface area contributed by atoms with E-state index in [9.17, 15) is 0 Å². The Morgan fingerprint density at radius 3 is 2.47 bits per heavy atom. The largest absolute Gasteiger partial charge is 0.326 e. The lowest BCUT2D eigenvalue weighted by atomic mass is 10.2. The first kappa shape index (κ1) is 14.1. The third-order valence-electron chi connectivity index (χ3n) is 3.09. The van der Waals surface area contributed by atoms with Crippen LogP contribution in [0.5, 0.6) is 0 Å². The highest BCUT2D eigenvalue weighted by Gasteiger charge is 2.10. The molecule has 0 bridgehead atoms. The van der Waals surface area contributed by atoms with Gasteiger partial charge in [-0.05, 0) is 53.5 Å². The summed E-state index contributed by atoms with van der Waals surface area (Å²) in [5.41, 5.74) is 2.22. The van der Waals surface area contributed by atoms with Crippen molar-refractivity contribution in [2.24, 2.45) is 0 Å². The van der Waals surface area contributed by atoms with Crippen molar-refractivity contribution in [3.8, 4) is 0 Å². The monoisotopic (exact) mass is 318 g/mol. The Balaban J connectivity index is 2.34. The topological polar surface area (TPSA) is 16.1 Å². The molecule has 0 aliphatic carbocycles. The van der Waals surface area contributed by atoms with Gasteiger partial charge in [0.25, 0.3) is 0 Å². The van der Waals surface area contributed by atoms with Crippen LogP contribution in [0.1, 0.15) is 25.5 Å². The normalized spacial score (nSPS) is 10.5. The van der Waals surface area contributed by atoms with Gasteiger partial charge in [0.05, 0.1) is 5.69 Å². The Kier molecular flexibility index (Phi) is 4.97. The van der Waals surface area contributed by atoms with Crippen LogP contribution in [0.2, 0.25) is 0 Å². The SMILES string of the molecule is CCCCN(c1ccccc1)c1ccc(Br)c(C)n1. The summed E-state index contributed by atoms with van der Waals surface area (Å²) in [7, 11) is 0. The second-order valence-electron chi connectivity index (χ2n) is 4.58. The van der Waals surface area contributed by atoms with E-state index in [1.54, 1.807) is 0 Å². The van der Waals surface area contributed by atoms with Gasteiger partial charge in [-0.1, -0.05) is 31.5 Å². The average molecular weight is 319 g/mol. The third kappa shape index (κ3) is 3.57. The molecule has 0 aliphatic heterocycles. The zero-order chi connectivity index (χ0) is 13.7. The molecule has 0 unspecified atom stereocenters. The first-order valence-electron chi connectivity index (χ1n) is 6.68. The standard InChI is InChI=1S/C16H19BrN2/c1-3-4-12-19(14-8-6-5-7-9-14)16-11-10-15(17)13(2)18-16/h5-11H,3-4,12H2,1-2H3. The van der Waals surface area contributed by atoms with Gasteiger partial charge < -0.3 is 4.90 Å². The molecule has 0 saturated heterocycles. The summed E-state index contributed by atoms with van der Waals surface area (Å²) in [6.45, 7) is 5.23. The van der Waals surface area contributed by atoms with Crippen LogP contribution in [-0.4, -0.2) is 11.5 Å². The van der Waals surface area contributed by atoms with Crippen LogP contribution in [0.4, 0.5) is 11.5 Å². The second-order valence-corrected chi connectivity index (χ2v) is 5.43. The molecule has 3 heteroatoms. The fourth-order valence-corrected chi connectivity index (χ4v) is 2.20. The maximum atomic E-state index is 4.68. The van der Waals surface area contributed by atoms with Crippen LogP contribution in [0.3, 0.4) is 0 Å². The first-order chi connectivity index (χ1) is 9.22. The number of para-hydroxylation sites is 1. The van der Waals surface area contributed by atoms with E-state index in [1.165, 1.54) is 12.1 Å². The summed E-state index contributed by atoms with van der Waals surface area (Å²) >= 11 is 3.51. The zero-order valence-electron chi connectivity index (χ0n) is 11.4. The molecule has 0 amide bonds. The number of aromatic nitrogens is 1. The Morgan fingerprint density at radius 2 is 1.84 bits per heavy atom. The lowest BCUT2D eigenvalue weighted by molar-refractivity contribution is 0.778. The lowest BCUT2D eigenvalue weighted by Crippen LogP contribution is -2.19. The Labute approximate surface area is 123 Å². The van der Waals surface area contributed by atoms with Gasteiger partial charge in [-0.15, -0.1) is 0 Å². The Bertz CT molecular complexity index is 526. The van der Waals surface area contributed by atoms with Gasteiger partial charge in [-0.2, -0.15) is 0 Å². The number of halogens is 1. The van der Waals surface area contributed by atoms with Crippen LogP contribution >= 0.6 is 15.9 Å². The molecular formula is C16H19BrN2. The molecule has 1 heterocycles. The van der Waals surface area contributed by atoms with Crippen LogP contribution in [0.25, 0.3) is 0 Å². The van der Waals surface area contributed by atoms with E-state index in [2.05, 4.69) is 69.1 Å². The molecule has 2 rings (SSSR count). The van der Waals surface area contributed by atoms with Crippen LogP contribution in [0.15, 0.2) is 46.9 Å². The molecule has 19 heavy (non-hydrogen) atoms. The predicted octanol–water partition coefficient (Wildman–Crippen LogP) is 5.09. The van der Waals surface area contributed by atoms with E-state index in [0.29, 0.717) is 0 Å². The highest BCUT2D eigenvalue weighted by molar-refractivity contribution is 9.10. The van der Waals surface area contributed by atoms with Gasteiger partial charge in [0.1, 0.15) is 5.82 Å². The van der Waals surface area contributed by atoms with Gasteiger partial charge >= 0.3 is 0 Å². The smallest absolute Gasteiger partial charge is 0.133 e. The van der Waals surface area contributed by atoms with E-state index in [1.807, 2.05) is 13.0 Å². The number of hydrogen-bond donors (Lipinski definition) is 0. The molecule has 0 radical (unpaired) electrons. The lowest BCUT2D eigenvalue weighted by Gasteiger charge is -2.24. The van der Waals surface area contributed by atoms with Crippen molar-refractivity contribution in [3.63, 3.8) is 0 Å². The molecule has 2 aromatic rings. The summed E-state index contributed by atoms with van der Waals surface area (Å²) in [6, 6.07) is 14.6. The predicted molar refractivity (Wildman–Crippen MR) is 85.0 cm³/mol. The fraction of sp³-hybridized carbons (Fsp3) is 0.312. The van der Waals surface area contributed by atoms with Crippen LogP contribution in [0, 0.1) is 6.92 Å². The van der Waals surface area contributed by atoms with Crippen LogP contribution < -0.4 is 4.90 Å². The van der Waals surface area contributed by atoms with Gasteiger partial charge in [0, 0.05) is 16.7 Å². The van der Waals surface area contributed by atoms with E-state index in [-0.39, 0.29) is 0 Å². The summed E-state index contributed by atoms with van der Waals surface area (Å²) in [5, 5.41) is 0. The maximum absolute atomic E-state index is 4.68. The zero-order valence-corrected chi connectivity index (χ0v) is 13.0. The quantitative estimate of drug-likeness (QED) is 0.763. The number of anilines is 2. The molecule has 100 valence electrons. The van der Waals surface area contributed by atoms with Crippen molar-refractivity contribution in [2.75, 3.05) is 11.4 Å². The van der Waals surface area contributed by atoms with E-state index in [0.717, 1.165) is 29.0 Å². The van der Waals surface area contributed by atoms with Crippen molar-refractivity contribution in [1.82, 2.24) is 4.98 Å². The van der Waals surface area contributed by atoms with Crippen molar-refractivity contribution >= 4 is 27.4 Å². The Hall–Kier alpha value is -1.35. The number of aryl methyl sites for hydroxylation is 1. The number of pyridine rings is 1. The summed E-state index contributed by atoms with van der Waals surface area (Å²) in [4.78, 5) is 6.96. The highest BCUT2D eigenvalue weighted by atomic mass is 79.9. The van der Waals surface area contributed by atoms with Gasteiger partial charge in [-0.25, -0.2) is 4.98 Å². The number of benzene rings is 1. The van der Waals surface area contributed by atoms with E-state index in [4.69, 9.17) is 0 Å². The van der Waals surface area contributed by atoms with E-state index >= 15 is 0 Å². The number of unbranched alkanes of at least 4 members (excludes halogenated alkanes) is 1. The highest BCUT2D eigenvalue weighted by Crippen LogP contribution is 2.26. The minimum absolute atomic E-state index is 0.995. The molecule has 0 atom stereocenters. The molecule has 1 aromatic carbocycles. The first-order valence-corrected chi connectivity index (χ1v) is 7.47. The molecule has 0 spiro atoms. The van der Waals surface area contributed by atoms with Crippen LogP contribution in [-0.2, 0) is 0 Å². The summed E-state index contributed by atoms with van der Waals surface area (Å²) in [6.07, 6.45) is 2.34. The average Bonchev–Trinajstić information content (AvgIpc) is 2.44. The molecule has 0 fully saturated rings. The number of hydrogen-bond acceptors (Lipinski definition) is 2.